The molecule has 3 heterocycles. The second-order valence-corrected chi connectivity index (χ2v) is 6.12. The van der Waals surface area contributed by atoms with E-state index in [1.54, 1.807) is 16.6 Å². The van der Waals surface area contributed by atoms with Gasteiger partial charge in [0, 0.05) is 12.5 Å². The molecule has 0 aliphatic carbocycles. The lowest BCUT2D eigenvalue weighted by Gasteiger charge is -2.24. The molecule has 1 fully saturated rings. The van der Waals surface area contributed by atoms with E-state index in [2.05, 4.69) is 25.9 Å². The monoisotopic (exact) mass is 324 g/mol. The Morgan fingerprint density at radius 3 is 2.67 bits per heavy atom. The number of phenols is 1. The summed E-state index contributed by atoms with van der Waals surface area (Å²) >= 11 is 0. The molecule has 7 heteroatoms. The van der Waals surface area contributed by atoms with Gasteiger partial charge in [0.15, 0.2) is 11.5 Å². The summed E-state index contributed by atoms with van der Waals surface area (Å²) in [5.41, 5.74) is 1.79. The van der Waals surface area contributed by atoms with Crippen LogP contribution in [0.4, 0.5) is 5.82 Å². The van der Waals surface area contributed by atoms with Crippen molar-refractivity contribution in [2.45, 2.75) is 25.3 Å². The second kappa shape index (κ2) is 6.45. The van der Waals surface area contributed by atoms with Crippen LogP contribution >= 0.6 is 0 Å². The maximum absolute atomic E-state index is 9.39. The topological polar surface area (TPSA) is 87.4 Å². The number of nitrogens with one attached hydrogen (secondary N) is 2. The Bertz CT molecular complexity index is 823. The molecule has 2 aromatic heterocycles. The summed E-state index contributed by atoms with van der Waals surface area (Å²) < 4.78 is 1.79. The molecule has 0 amide bonds. The van der Waals surface area contributed by atoms with Crippen LogP contribution in [0.25, 0.3) is 5.65 Å². The van der Waals surface area contributed by atoms with Crippen molar-refractivity contribution in [3.05, 3.63) is 47.8 Å². The van der Waals surface area contributed by atoms with Crippen molar-refractivity contribution >= 4 is 11.5 Å². The van der Waals surface area contributed by atoms with Gasteiger partial charge >= 0.3 is 0 Å². The molecule has 1 aromatic carbocycles. The van der Waals surface area contributed by atoms with E-state index in [0.29, 0.717) is 12.5 Å². The molecule has 0 atom stereocenters. The van der Waals surface area contributed by atoms with Gasteiger partial charge in [-0.1, -0.05) is 12.1 Å². The van der Waals surface area contributed by atoms with E-state index in [1.807, 2.05) is 24.3 Å². The van der Waals surface area contributed by atoms with Gasteiger partial charge in [-0.2, -0.15) is 4.52 Å². The van der Waals surface area contributed by atoms with Crippen LogP contribution in [-0.2, 0) is 6.42 Å². The molecule has 3 N–H and O–H groups in total. The van der Waals surface area contributed by atoms with Gasteiger partial charge < -0.3 is 15.7 Å². The van der Waals surface area contributed by atoms with Gasteiger partial charge in [-0.25, -0.2) is 0 Å². The standard InChI is InChI=1S/C17H20N6O/c24-14-3-1-12(2-4-14)11-17-21-20-16-6-5-15(22-23(16)17)19-13-7-9-18-10-8-13/h1-6,13,18,24H,7-11H2,(H,19,22). The molecular weight excluding hydrogens is 304 g/mol. The first-order valence-corrected chi connectivity index (χ1v) is 8.24. The summed E-state index contributed by atoms with van der Waals surface area (Å²) in [5.74, 6) is 1.89. The van der Waals surface area contributed by atoms with Crippen LogP contribution in [0.1, 0.15) is 24.2 Å². The van der Waals surface area contributed by atoms with E-state index in [-0.39, 0.29) is 5.75 Å². The average Bonchev–Trinajstić information content (AvgIpc) is 3.00. The Hall–Kier alpha value is -2.67. The highest BCUT2D eigenvalue weighted by Crippen LogP contribution is 2.15. The Morgan fingerprint density at radius 1 is 1.08 bits per heavy atom. The molecular formula is C17H20N6O. The highest BCUT2D eigenvalue weighted by atomic mass is 16.3. The highest BCUT2D eigenvalue weighted by molar-refractivity contribution is 5.45. The number of aromatic nitrogens is 4. The van der Waals surface area contributed by atoms with Crippen LogP contribution in [0.5, 0.6) is 5.75 Å². The zero-order chi connectivity index (χ0) is 16.4. The fraction of sp³-hybridized carbons (Fsp3) is 0.353. The third kappa shape index (κ3) is 3.16. The van der Waals surface area contributed by atoms with Crippen LogP contribution in [-0.4, -0.2) is 44.0 Å². The molecule has 0 spiro atoms. The van der Waals surface area contributed by atoms with Crippen molar-refractivity contribution in [2.75, 3.05) is 18.4 Å². The predicted octanol–water partition coefficient (Wildman–Crippen LogP) is 1.58. The number of aromatic hydroxyl groups is 1. The number of benzene rings is 1. The summed E-state index contributed by atoms with van der Waals surface area (Å²) in [7, 11) is 0. The summed E-state index contributed by atoms with van der Waals surface area (Å²) in [6.45, 7) is 2.08. The molecule has 0 radical (unpaired) electrons. The maximum Gasteiger partial charge on any atom is 0.178 e. The lowest BCUT2D eigenvalue weighted by molar-refractivity contribution is 0.475. The summed E-state index contributed by atoms with van der Waals surface area (Å²) in [4.78, 5) is 0. The first-order chi connectivity index (χ1) is 11.8. The van der Waals surface area contributed by atoms with Crippen molar-refractivity contribution < 1.29 is 5.11 Å². The highest BCUT2D eigenvalue weighted by Gasteiger charge is 2.14. The van der Waals surface area contributed by atoms with Gasteiger partial charge in [-0.15, -0.1) is 15.3 Å². The number of anilines is 1. The molecule has 0 saturated carbocycles. The van der Waals surface area contributed by atoms with E-state index in [4.69, 9.17) is 0 Å². The normalized spacial score (nSPS) is 15.7. The van der Waals surface area contributed by atoms with Crippen molar-refractivity contribution in [1.82, 2.24) is 25.1 Å². The maximum atomic E-state index is 9.39. The lowest BCUT2D eigenvalue weighted by atomic mass is 10.1. The quantitative estimate of drug-likeness (QED) is 0.675. The predicted molar refractivity (Wildman–Crippen MR) is 91.2 cm³/mol. The van der Waals surface area contributed by atoms with Crippen molar-refractivity contribution in [3.8, 4) is 5.75 Å². The van der Waals surface area contributed by atoms with Crippen LogP contribution in [0.3, 0.4) is 0 Å². The van der Waals surface area contributed by atoms with Crippen LogP contribution in [0.15, 0.2) is 36.4 Å². The van der Waals surface area contributed by atoms with Crippen LogP contribution < -0.4 is 10.6 Å². The van der Waals surface area contributed by atoms with Crippen LogP contribution in [0, 0.1) is 0 Å². The molecule has 1 aliphatic rings. The molecule has 1 aliphatic heterocycles. The zero-order valence-corrected chi connectivity index (χ0v) is 13.3. The zero-order valence-electron chi connectivity index (χ0n) is 13.3. The number of piperidine rings is 1. The fourth-order valence-electron chi connectivity index (χ4n) is 2.99. The lowest BCUT2D eigenvalue weighted by Crippen LogP contribution is -2.35. The Kier molecular flexibility index (Phi) is 4.00. The number of hydrogen-bond acceptors (Lipinski definition) is 6. The largest absolute Gasteiger partial charge is 0.508 e. The molecule has 4 rings (SSSR count). The smallest absolute Gasteiger partial charge is 0.178 e. The van der Waals surface area contributed by atoms with Gasteiger partial charge in [0.25, 0.3) is 0 Å². The summed E-state index contributed by atoms with van der Waals surface area (Å²) in [5, 5.41) is 29.3. The summed E-state index contributed by atoms with van der Waals surface area (Å²) in [6.07, 6.45) is 2.82. The van der Waals surface area contributed by atoms with Gasteiger partial charge in [-0.3, -0.25) is 0 Å². The average molecular weight is 324 g/mol. The van der Waals surface area contributed by atoms with E-state index in [0.717, 1.165) is 48.8 Å². The molecule has 1 saturated heterocycles. The first kappa shape index (κ1) is 14.9. The van der Waals surface area contributed by atoms with Crippen LogP contribution in [0.2, 0.25) is 0 Å². The molecule has 7 nitrogen and oxygen atoms in total. The number of phenolic OH excluding ortho intramolecular Hbond substituents is 1. The SMILES string of the molecule is Oc1ccc(Cc2nnc3ccc(NC4CCNCC4)nn23)cc1. The molecule has 124 valence electrons. The van der Waals surface area contributed by atoms with E-state index >= 15 is 0 Å². The minimum Gasteiger partial charge on any atom is -0.508 e. The van der Waals surface area contributed by atoms with Gasteiger partial charge in [-0.05, 0) is 55.8 Å². The number of nitrogens with zero attached hydrogens (tertiary/aromatic N) is 4. The Labute approximate surface area is 139 Å². The number of rotatable bonds is 4. The van der Waals surface area contributed by atoms with E-state index < -0.39 is 0 Å². The van der Waals surface area contributed by atoms with Crippen molar-refractivity contribution in [2.24, 2.45) is 0 Å². The first-order valence-electron chi connectivity index (χ1n) is 8.24. The second-order valence-electron chi connectivity index (χ2n) is 6.12. The molecule has 3 aromatic rings. The Balaban J connectivity index is 1.57. The summed E-state index contributed by atoms with van der Waals surface area (Å²) in [6, 6.07) is 11.5. The number of hydrogen-bond donors (Lipinski definition) is 3. The van der Waals surface area contributed by atoms with E-state index in [9.17, 15) is 5.11 Å². The van der Waals surface area contributed by atoms with Crippen molar-refractivity contribution in [3.63, 3.8) is 0 Å². The van der Waals surface area contributed by atoms with Crippen molar-refractivity contribution in [1.29, 1.82) is 0 Å². The van der Waals surface area contributed by atoms with Gasteiger partial charge in [0.2, 0.25) is 0 Å². The third-order valence-electron chi connectivity index (χ3n) is 4.32. The molecule has 0 bridgehead atoms. The molecule has 24 heavy (non-hydrogen) atoms. The minimum absolute atomic E-state index is 0.261. The molecule has 0 unspecified atom stereocenters. The third-order valence-corrected chi connectivity index (χ3v) is 4.32. The minimum atomic E-state index is 0.261. The Morgan fingerprint density at radius 2 is 1.88 bits per heavy atom. The van der Waals surface area contributed by atoms with Gasteiger partial charge in [0.05, 0.1) is 0 Å². The fourth-order valence-corrected chi connectivity index (χ4v) is 2.99. The number of fused-ring (bicyclic) bond motifs is 1. The van der Waals surface area contributed by atoms with Gasteiger partial charge in [0.1, 0.15) is 11.6 Å². The van der Waals surface area contributed by atoms with E-state index in [1.165, 1.54) is 0 Å².